The van der Waals surface area contributed by atoms with E-state index < -0.39 is 9.84 Å². The molecule has 1 heterocycles. The molecule has 0 saturated heterocycles. The molecule has 1 atom stereocenters. The van der Waals surface area contributed by atoms with Crippen molar-refractivity contribution in [1.82, 2.24) is 15.3 Å². The Kier molecular flexibility index (Phi) is 6.33. The first-order valence-electron chi connectivity index (χ1n) is 9.37. The number of amides is 2. The number of nitrogens with one attached hydrogen (secondary N) is 3. The van der Waals surface area contributed by atoms with Gasteiger partial charge in [-0.2, -0.15) is 0 Å². The van der Waals surface area contributed by atoms with E-state index in [4.69, 9.17) is 0 Å². The SMILES string of the molecule is CNC(=O)Nc1ccc(-c2nc(CS(=O)(=O)C3CC3)cc(N[C@@H](C)CO)n2)cc1. The van der Waals surface area contributed by atoms with Crippen molar-refractivity contribution in [3.63, 3.8) is 0 Å². The lowest BCUT2D eigenvalue weighted by Gasteiger charge is -2.14. The summed E-state index contributed by atoms with van der Waals surface area (Å²) >= 11 is 0. The van der Waals surface area contributed by atoms with Crippen molar-refractivity contribution in [1.29, 1.82) is 0 Å². The molecule has 1 aliphatic rings. The van der Waals surface area contributed by atoms with E-state index in [1.807, 2.05) is 0 Å². The van der Waals surface area contributed by atoms with Gasteiger partial charge in [0.2, 0.25) is 0 Å². The Labute approximate surface area is 169 Å². The summed E-state index contributed by atoms with van der Waals surface area (Å²) in [7, 11) is -1.71. The third-order valence-corrected chi connectivity index (χ3v) is 6.64. The van der Waals surface area contributed by atoms with Crippen molar-refractivity contribution in [3.05, 3.63) is 36.0 Å². The highest BCUT2D eigenvalue weighted by atomic mass is 32.2. The van der Waals surface area contributed by atoms with Crippen molar-refractivity contribution in [3.8, 4) is 11.4 Å². The van der Waals surface area contributed by atoms with E-state index in [1.54, 1.807) is 37.3 Å². The lowest BCUT2D eigenvalue weighted by Crippen LogP contribution is -2.24. The van der Waals surface area contributed by atoms with Gasteiger partial charge >= 0.3 is 6.03 Å². The molecule has 2 amide bonds. The molecule has 0 aliphatic heterocycles. The number of nitrogens with zero attached hydrogens (tertiary/aromatic N) is 2. The molecule has 10 heteroatoms. The van der Waals surface area contributed by atoms with Crippen LogP contribution >= 0.6 is 0 Å². The summed E-state index contributed by atoms with van der Waals surface area (Å²) in [6.07, 6.45) is 1.40. The zero-order valence-electron chi connectivity index (χ0n) is 16.3. The summed E-state index contributed by atoms with van der Waals surface area (Å²) in [4.78, 5) is 20.3. The number of hydrogen-bond acceptors (Lipinski definition) is 7. The van der Waals surface area contributed by atoms with Crippen molar-refractivity contribution in [2.45, 2.75) is 36.8 Å². The molecule has 29 heavy (non-hydrogen) atoms. The van der Waals surface area contributed by atoms with Crippen LogP contribution in [0.2, 0.25) is 0 Å². The Hall–Kier alpha value is -2.72. The Bertz CT molecular complexity index is 975. The lowest BCUT2D eigenvalue weighted by molar-refractivity contribution is 0.254. The van der Waals surface area contributed by atoms with Crippen LogP contribution in [0.4, 0.5) is 16.3 Å². The van der Waals surface area contributed by atoms with Crippen LogP contribution in [0.25, 0.3) is 11.4 Å². The summed E-state index contributed by atoms with van der Waals surface area (Å²) in [5.41, 5.74) is 1.69. The molecule has 1 saturated carbocycles. The molecular formula is C19H25N5O4S. The van der Waals surface area contributed by atoms with Crippen molar-refractivity contribution in [2.75, 3.05) is 24.3 Å². The number of aliphatic hydroxyl groups excluding tert-OH is 1. The first-order valence-corrected chi connectivity index (χ1v) is 11.1. The quantitative estimate of drug-likeness (QED) is 0.512. The van der Waals surface area contributed by atoms with Crippen molar-refractivity contribution >= 4 is 27.4 Å². The van der Waals surface area contributed by atoms with Crippen LogP contribution in [-0.2, 0) is 15.6 Å². The van der Waals surface area contributed by atoms with Gasteiger partial charge in [0.25, 0.3) is 0 Å². The van der Waals surface area contributed by atoms with E-state index >= 15 is 0 Å². The summed E-state index contributed by atoms with van der Waals surface area (Å²) < 4.78 is 24.8. The van der Waals surface area contributed by atoms with Gasteiger partial charge in [0.05, 0.1) is 23.3 Å². The monoisotopic (exact) mass is 419 g/mol. The fourth-order valence-electron chi connectivity index (χ4n) is 2.72. The summed E-state index contributed by atoms with van der Waals surface area (Å²) in [6.45, 7) is 1.70. The number of benzene rings is 1. The second-order valence-electron chi connectivity index (χ2n) is 7.08. The molecule has 2 aromatic rings. The Morgan fingerprint density at radius 2 is 1.93 bits per heavy atom. The van der Waals surface area contributed by atoms with E-state index in [-0.39, 0.29) is 29.7 Å². The molecular weight excluding hydrogens is 394 g/mol. The first-order chi connectivity index (χ1) is 13.8. The fraction of sp³-hybridized carbons (Fsp3) is 0.421. The molecule has 0 radical (unpaired) electrons. The molecule has 1 fully saturated rings. The van der Waals surface area contributed by atoms with E-state index in [2.05, 4.69) is 25.9 Å². The standard InChI is InChI=1S/C19H25N5O4S/c1-12(10-25)21-17-9-15(11-29(27,28)16-7-8-16)22-18(24-17)13-3-5-14(6-4-13)23-19(26)20-2/h3-6,9,12,16,25H,7-8,10-11H2,1-2H3,(H2,20,23,26)(H,21,22,24)/t12-/m0/s1. The van der Waals surface area contributed by atoms with Gasteiger partial charge in [-0.15, -0.1) is 0 Å². The van der Waals surface area contributed by atoms with Gasteiger partial charge in [-0.05, 0) is 44.0 Å². The zero-order valence-corrected chi connectivity index (χ0v) is 17.2. The van der Waals surface area contributed by atoms with E-state index in [0.29, 0.717) is 41.4 Å². The number of sulfone groups is 1. The summed E-state index contributed by atoms with van der Waals surface area (Å²) in [5.74, 6) is 0.670. The summed E-state index contributed by atoms with van der Waals surface area (Å²) in [6, 6.07) is 7.96. The number of carbonyl (C=O) groups is 1. The van der Waals surface area contributed by atoms with Crippen LogP contribution in [0.15, 0.2) is 30.3 Å². The number of carbonyl (C=O) groups excluding carboxylic acids is 1. The number of aromatic nitrogens is 2. The number of anilines is 2. The van der Waals surface area contributed by atoms with Crippen molar-refractivity contribution < 1.29 is 18.3 Å². The number of hydrogen-bond donors (Lipinski definition) is 4. The van der Waals surface area contributed by atoms with E-state index in [9.17, 15) is 18.3 Å². The maximum atomic E-state index is 12.4. The van der Waals surface area contributed by atoms with Gasteiger partial charge < -0.3 is 21.1 Å². The third-order valence-electron chi connectivity index (χ3n) is 4.46. The summed E-state index contributed by atoms with van der Waals surface area (Å²) in [5, 5.41) is 17.2. The molecule has 0 unspecified atom stereocenters. The van der Waals surface area contributed by atoms with Gasteiger partial charge in [-0.3, -0.25) is 0 Å². The Morgan fingerprint density at radius 3 is 2.52 bits per heavy atom. The van der Waals surface area contributed by atoms with Gasteiger partial charge in [-0.25, -0.2) is 23.2 Å². The molecule has 1 aromatic carbocycles. The van der Waals surface area contributed by atoms with Gasteiger partial charge in [-0.1, -0.05) is 0 Å². The third kappa shape index (κ3) is 5.64. The van der Waals surface area contributed by atoms with Crippen LogP contribution in [0.5, 0.6) is 0 Å². The van der Waals surface area contributed by atoms with Crippen LogP contribution in [0.1, 0.15) is 25.5 Å². The highest BCUT2D eigenvalue weighted by Crippen LogP contribution is 2.31. The lowest BCUT2D eigenvalue weighted by atomic mass is 10.2. The van der Waals surface area contributed by atoms with E-state index in [0.717, 1.165) is 0 Å². The maximum Gasteiger partial charge on any atom is 0.318 e. The molecule has 1 aromatic heterocycles. The predicted molar refractivity (Wildman–Crippen MR) is 111 cm³/mol. The minimum atomic E-state index is -3.23. The number of aliphatic hydroxyl groups is 1. The van der Waals surface area contributed by atoms with E-state index in [1.165, 1.54) is 7.05 Å². The minimum Gasteiger partial charge on any atom is -0.394 e. The Balaban J connectivity index is 1.90. The maximum absolute atomic E-state index is 12.4. The highest BCUT2D eigenvalue weighted by molar-refractivity contribution is 7.91. The smallest absolute Gasteiger partial charge is 0.318 e. The highest BCUT2D eigenvalue weighted by Gasteiger charge is 2.36. The van der Waals surface area contributed by atoms with Gasteiger partial charge in [0, 0.05) is 30.4 Å². The topological polar surface area (TPSA) is 133 Å². The average Bonchev–Trinajstić information content (AvgIpc) is 3.54. The molecule has 156 valence electrons. The van der Waals surface area contributed by atoms with Crippen LogP contribution in [0.3, 0.4) is 0 Å². The molecule has 0 spiro atoms. The number of rotatable bonds is 8. The number of urea groups is 1. The predicted octanol–water partition coefficient (Wildman–Crippen LogP) is 1.76. The van der Waals surface area contributed by atoms with Crippen LogP contribution in [0, 0.1) is 0 Å². The largest absolute Gasteiger partial charge is 0.394 e. The normalized spacial score (nSPS) is 14.9. The Morgan fingerprint density at radius 1 is 1.24 bits per heavy atom. The minimum absolute atomic E-state index is 0.0884. The molecule has 9 nitrogen and oxygen atoms in total. The van der Waals surface area contributed by atoms with Crippen LogP contribution in [-0.4, -0.2) is 54.5 Å². The zero-order chi connectivity index (χ0) is 21.0. The molecule has 1 aliphatic carbocycles. The second-order valence-corrected chi connectivity index (χ2v) is 9.37. The molecule has 4 N–H and O–H groups in total. The van der Waals surface area contributed by atoms with Gasteiger partial charge in [0.1, 0.15) is 5.82 Å². The first kappa shape index (κ1) is 21.0. The van der Waals surface area contributed by atoms with Crippen molar-refractivity contribution in [2.24, 2.45) is 0 Å². The fourth-order valence-corrected chi connectivity index (χ4v) is 4.37. The molecule has 3 rings (SSSR count). The van der Waals surface area contributed by atoms with Gasteiger partial charge in [0.15, 0.2) is 15.7 Å². The molecule has 0 bridgehead atoms. The average molecular weight is 420 g/mol. The second kappa shape index (κ2) is 8.75. The van der Waals surface area contributed by atoms with Crippen LogP contribution < -0.4 is 16.0 Å².